The summed E-state index contributed by atoms with van der Waals surface area (Å²) in [5.74, 6) is 0.179. The van der Waals surface area contributed by atoms with Crippen LogP contribution in [0.3, 0.4) is 0 Å². The summed E-state index contributed by atoms with van der Waals surface area (Å²) < 4.78 is 1.98. The monoisotopic (exact) mass is 312 g/mol. The van der Waals surface area contributed by atoms with Crippen molar-refractivity contribution in [3.63, 3.8) is 0 Å². The molecule has 2 heterocycles. The molecule has 122 valence electrons. The average Bonchev–Trinajstić information content (AvgIpc) is 3.10. The molecule has 0 aliphatic carbocycles. The van der Waals surface area contributed by atoms with E-state index in [9.17, 15) is 4.79 Å². The molecule has 1 aliphatic heterocycles. The van der Waals surface area contributed by atoms with Crippen molar-refractivity contribution in [1.29, 1.82) is 0 Å². The molecule has 0 saturated carbocycles. The second-order valence-electron chi connectivity index (χ2n) is 6.34. The predicted octanol–water partition coefficient (Wildman–Crippen LogP) is 2.35. The fraction of sp³-hybridized carbons (Fsp3) is 0.444. The molecule has 3 rings (SSSR count). The zero-order valence-corrected chi connectivity index (χ0v) is 13.8. The Labute approximate surface area is 137 Å². The van der Waals surface area contributed by atoms with Crippen molar-refractivity contribution >= 4 is 5.91 Å². The number of amides is 1. The minimum Gasteiger partial charge on any atom is -0.339 e. The zero-order valence-electron chi connectivity index (χ0n) is 13.8. The number of likely N-dealkylation sites (tertiary alicyclic amines) is 1. The number of hydrogen-bond donors (Lipinski definition) is 0. The van der Waals surface area contributed by atoms with Gasteiger partial charge in [-0.2, -0.15) is 5.10 Å². The van der Waals surface area contributed by atoms with E-state index in [1.807, 2.05) is 71.2 Å². The van der Waals surface area contributed by atoms with Gasteiger partial charge < -0.3 is 4.90 Å². The van der Waals surface area contributed by atoms with Gasteiger partial charge in [0, 0.05) is 25.5 Å². The molecule has 5 heteroatoms. The smallest absolute Gasteiger partial charge is 0.244 e. The summed E-state index contributed by atoms with van der Waals surface area (Å²) in [6.07, 6.45) is 5.88. The first-order valence-corrected chi connectivity index (χ1v) is 8.16. The lowest BCUT2D eigenvalue weighted by atomic mass is 10.0. The Morgan fingerprint density at radius 2 is 2.04 bits per heavy atom. The molecular weight excluding hydrogens is 288 g/mol. The Morgan fingerprint density at radius 3 is 2.70 bits per heavy atom. The maximum Gasteiger partial charge on any atom is 0.244 e. The highest BCUT2D eigenvalue weighted by atomic mass is 16.2. The second kappa shape index (κ2) is 6.96. The van der Waals surface area contributed by atoms with E-state index in [1.165, 1.54) is 0 Å². The van der Waals surface area contributed by atoms with Gasteiger partial charge in [-0.05, 0) is 38.6 Å². The van der Waals surface area contributed by atoms with E-state index < -0.39 is 0 Å². The van der Waals surface area contributed by atoms with Gasteiger partial charge >= 0.3 is 0 Å². The molecule has 0 bridgehead atoms. The van der Waals surface area contributed by atoms with Crippen LogP contribution in [0.15, 0.2) is 48.8 Å². The molecule has 0 radical (unpaired) electrons. The SMILES string of the molecule is CN(C)C(C(=O)N1CCCC(n2cccn2)C1)c1ccccc1. The highest BCUT2D eigenvalue weighted by Crippen LogP contribution is 2.26. The first-order chi connectivity index (χ1) is 11.2. The van der Waals surface area contributed by atoms with Crippen molar-refractivity contribution < 1.29 is 4.79 Å². The van der Waals surface area contributed by atoms with Gasteiger partial charge in [-0.3, -0.25) is 14.4 Å². The lowest BCUT2D eigenvalue weighted by molar-refractivity contribution is -0.138. The standard InChI is InChI=1S/C18H24N4O/c1-20(2)17(15-8-4-3-5-9-15)18(23)21-12-6-10-16(14-21)22-13-7-11-19-22/h3-5,7-9,11,13,16-17H,6,10,12,14H2,1-2H3. The molecule has 5 nitrogen and oxygen atoms in total. The van der Waals surface area contributed by atoms with E-state index in [1.54, 1.807) is 6.20 Å². The molecule has 2 unspecified atom stereocenters. The van der Waals surface area contributed by atoms with Crippen LogP contribution in [0.5, 0.6) is 0 Å². The van der Waals surface area contributed by atoms with Crippen molar-refractivity contribution in [1.82, 2.24) is 19.6 Å². The normalized spacial score (nSPS) is 19.8. The van der Waals surface area contributed by atoms with Crippen molar-refractivity contribution in [2.75, 3.05) is 27.2 Å². The molecule has 0 spiro atoms. The fourth-order valence-electron chi connectivity index (χ4n) is 3.34. The van der Waals surface area contributed by atoms with E-state index >= 15 is 0 Å². The Hall–Kier alpha value is -2.14. The van der Waals surface area contributed by atoms with Gasteiger partial charge in [0.05, 0.1) is 6.04 Å². The Morgan fingerprint density at radius 1 is 1.26 bits per heavy atom. The van der Waals surface area contributed by atoms with Crippen LogP contribution >= 0.6 is 0 Å². The molecule has 1 aliphatic rings. The highest BCUT2D eigenvalue weighted by Gasteiger charge is 2.31. The topological polar surface area (TPSA) is 41.4 Å². The lowest BCUT2D eigenvalue weighted by Crippen LogP contribution is -2.46. The Bertz CT molecular complexity index is 624. The molecule has 0 N–H and O–H groups in total. The van der Waals surface area contributed by atoms with E-state index in [2.05, 4.69) is 5.10 Å². The van der Waals surface area contributed by atoms with Crippen LogP contribution in [-0.2, 0) is 4.79 Å². The van der Waals surface area contributed by atoms with Crippen LogP contribution in [0.4, 0.5) is 0 Å². The number of carbonyl (C=O) groups excluding carboxylic acids is 1. The van der Waals surface area contributed by atoms with Crippen molar-refractivity contribution in [3.05, 3.63) is 54.4 Å². The van der Waals surface area contributed by atoms with Gasteiger partial charge in [0.1, 0.15) is 6.04 Å². The maximum absolute atomic E-state index is 13.1. The summed E-state index contributed by atoms with van der Waals surface area (Å²) in [5, 5.41) is 4.34. The zero-order chi connectivity index (χ0) is 16.2. The van der Waals surface area contributed by atoms with Crippen molar-refractivity contribution in [2.24, 2.45) is 0 Å². The summed E-state index contributed by atoms with van der Waals surface area (Å²) >= 11 is 0. The number of benzene rings is 1. The molecule has 23 heavy (non-hydrogen) atoms. The van der Waals surface area contributed by atoms with Gasteiger partial charge in [-0.25, -0.2) is 0 Å². The second-order valence-corrected chi connectivity index (χ2v) is 6.34. The van der Waals surface area contributed by atoms with Gasteiger partial charge in [-0.1, -0.05) is 30.3 Å². The first kappa shape index (κ1) is 15.7. The number of nitrogens with zero attached hydrogens (tertiary/aromatic N) is 4. The van der Waals surface area contributed by atoms with Crippen molar-refractivity contribution in [2.45, 2.75) is 24.9 Å². The molecule has 1 saturated heterocycles. The van der Waals surface area contributed by atoms with Crippen LogP contribution in [-0.4, -0.2) is 52.7 Å². The van der Waals surface area contributed by atoms with Crippen molar-refractivity contribution in [3.8, 4) is 0 Å². The number of carbonyl (C=O) groups is 1. The summed E-state index contributed by atoms with van der Waals surface area (Å²) in [6.45, 7) is 1.56. The van der Waals surface area contributed by atoms with Crippen LogP contribution in [0, 0.1) is 0 Å². The minimum atomic E-state index is -0.229. The summed E-state index contributed by atoms with van der Waals surface area (Å²) in [4.78, 5) is 17.1. The molecular formula is C18H24N4O. The van der Waals surface area contributed by atoms with E-state index in [0.717, 1.165) is 31.5 Å². The lowest BCUT2D eigenvalue weighted by Gasteiger charge is -2.36. The molecule has 1 amide bonds. The molecule has 1 aromatic carbocycles. The number of rotatable bonds is 4. The van der Waals surface area contributed by atoms with Crippen LogP contribution in [0.1, 0.15) is 30.5 Å². The number of piperidine rings is 1. The number of aromatic nitrogens is 2. The molecule has 2 aromatic rings. The quantitative estimate of drug-likeness (QED) is 0.870. The maximum atomic E-state index is 13.1. The van der Waals surface area contributed by atoms with Crippen LogP contribution in [0.2, 0.25) is 0 Å². The molecule has 1 aromatic heterocycles. The molecule has 1 fully saturated rings. The largest absolute Gasteiger partial charge is 0.339 e. The van der Waals surface area contributed by atoms with Gasteiger partial charge in [-0.15, -0.1) is 0 Å². The predicted molar refractivity (Wildman–Crippen MR) is 89.9 cm³/mol. The summed E-state index contributed by atoms with van der Waals surface area (Å²) in [5.41, 5.74) is 1.05. The van der Waals surface area contributed by atoms with Gasteiger partial charge in [0.25, 0.3) is 0 Å². The van der Waals surface area contributed by atoms with E-state index in [-0.39, 0.29) is 18.0 Å². The third-order valence-electron chi connectivity index (χ3n) is 4.47. The number of hydrogen-bond acceptors (Lipinski definition) is 3. The Balaban J connectivity index is 1.77. The third-order valence-corrected chi connectivity index (χ3v) is 4.47. The Kier molecular flexibility index (Phi) is 4.76. The first-order valence-electron chi connectivity index (χ1n) is 8.16. The summed E-state index contributed by atoms with van der Waals surface area (Å²) in [6, 6.07) is 12.0. The minimum absolute atomic E-state index is 0.179. The summed E-state index contributed by atoms with van der Waals surface area (Å²) in [7, 11) is 3.93. The van der Waals surface area contributed by atoms with E-state index in [0.29, 0.717) is 0 Å². The van der Waals surface area contributed by atoms with E-state index in [4.69, 9.17) is 0 Å². The molecule has 2 atom stereocenters. The van der Waals surface area contributed by atoms with Gasteiger partial charge in [0.2, 0.25) is 5.91 Å². The van der Waals surface area contributed by atoms with Crippen LogP contribution in [0.25, 0.3) is 0 Å². The van der Waals surface area contributed by atoms with Gasteiger partial charge in [0.15, 0.2) is 0 Å². The fourth-order valence-corrected chi connectivity index (χ4v) is 3.34. The third kappa shape index (κ3) is 3.45. The number of likely N-dealkylation sites (N-methyl/N-ethyl adjacent to an activating group) is 1. The average molecular weight is 312 g/mol. The van der Waals surface area contributed by atoms with Crippen LogP contribution < -0.4 is 0 Å². The highest BCUT2D eigenvalue weighted by molar-refractivity contribution is 5.83.